The lowest BCUT2D eigenvalue weighted by Gasteiger charge is -2.09. The fourth-order valence-corrected chi connectivity index (χ4v) is 1.37. The van der Waals surface area contributed by atoms with Crippen molar-refractivity contribution in [3.63, 3.8) is 0 Å². The molecule has 0 aliphatic heterocycles. The van der Waals surface area contributed by atoms with Crippen LogP contribution in [-0.2, 0) is 11.2 Å². The average Bonchev–Trinajstić information content (AvgIpc) is 2.18. The second-order valence-electron chi connectivity index (χ2n) is 3.27. The molecule has 0 spiro atoms. The molecule has 0 heterocycles. The largest absolute Gasteiger partial charge is 0.393 e. The van der Waals surface area contributed by atoms with Gasteiger partial charge in [0.05, 0.1) is 6.10 Å². The third kappa shape index (κ3) is 4.09. The highest BCUT2D eigenvalue weighted by Crippen LogP contribution is 2.11. The van der Waals surface area contributed by atoms with E-state index < -0.39 is 0 Å². The normalized spacial score (nSPS) is 12.8. The van der Waals surface area contributed by atoms with Gasteiger partial charge in [0.15, 0.2) is 0 Å². The molecule has 14 heavy (non-hydrogen) atoms. The van der Waals surface area contributed by atoms with E-state index in [0.717, 1.165) is 10.6 Å². The summed E-state index contributed by atoms with van der Waals surface area (Å²) in [6.45, 7) is 0.592. The first kappa shape index (κ1) is 11.5. The molecule has 78 valence electrons. The molecule has 1 atom stereocenters. The van der Waals surface area contributed by atoms with Gasteiger partial charge >= 0.3 is 0 Å². The van der Waals surface area contributed by atoms with E-state index in [0.29, 0.717) is 19.4 Å². The fraction of sp³-hybridized carbons (Fsp3) is 0.455. The standard InChI is InChI=1S/C11H15ClO2/c1-14-7-6-11(13)8-9-2-4-10(12)5-3-9/h2-5,11,13H,6-8H2,1H3. The van der Waals surface area contributed by atoms with Gasteiger partial charge in [-0.05, 0) is 30.5 Å². The highest BCUT2D eigenvalue weighted by atomic mass is 35.5. The molecule has 2 nitrogen and oxygen atoms in total. The van der Waals surface area contributed by atoms with Crippen LogP contribution >= 0.6 is 11.6 Å². The van der Waals surface area contributed by atoms with Gasteiger partial charge in [0.2, 0.25) is 0 Å². The number of hydrogen-bond acceptors (Lipinski definition) is 2. The van der Waals surface area contributed by atoms with Crippen molar-refractivity contribution >= 4 is 11.6 Å². The van der Waals surface area contributed by atoms with Crippen molar-refractivity contribution in [1.29, 1.82) is 0 Å². The van der Waals surface area contributed by atoms with Gasteiger partial charge in [0, 0.05) is 18.7 Å². The van der Waals surface area contributed by atoms with E-state index in [1.807, 2.05) is 24.3 Å². The number of methoxy groups -OCH3 is 1. The first-order chi connectivity index (χ1) is 6.72. The van der Waals surface area contributed by atoms with Crippen LogP contribution in [0.3, 0.4) is 0 Å². The Balaban J connectivity index is 2.39. The van der Waals surface area contributed by atoms with Crippen LogP contribution in [0.4, 0.5) is 0 Å². The first-order valence-electron chi connectivity index (χ1n) is 4.64. The Hall–Kier alpha value is -0.570. The number of ether oxygens (including phenoxy) is 1. The zero-order valence-corrected chi connectivity index (χ0v) is 9.00. The van der Waals surface area contributed by atoms with Crippen molar-refractivity contribution in [2.45, 2.75) is 18.9 Å². The smallest absolute Gasteiger partial charge is 0.0602 e. The van der Waals surface area contributed by atoms with Crippen molar-refractivity contribution in [2.75, 3.05) is 13.7 Å². The molecule has 1 N–H and O–H groups in total. The number of rotatable bonds is 5. The van der Waals surface area contributed by atoms with Crippen LogP contribution in [0.15, 0.2) is 24.3 Å². The van der Waals surface area contributed by atoms with Crippen molar-refractivity contribution in [2.24, 2.45) is 0 Å². The van der Waals surface area contributed by atoms with Gasteiger partial charge in [0.1, 0.15) is 0 Å². The lowest BCUT2D eigenvalue weighted by atomic mass is 10.1. The summed E-state index contributed by atoms with van der Waals surface area (Å²) in [5.41, 5.74) is 1.10. The van der Waals surface area contributed by atoms with Gasteiger partial charge in [-0.25, -0.2) is 0 Å². The van der Waals surface area contributed by atoms with Gasteiger partial charge in [-0.15, -0.1) is 0 Å². The monoisotopic (exact) mass is 214 g/mol. The second kappa shape index (κ2) is 6.02. The van der Waals surface area contributed by atoms with Crippen LogP contribution in [0.25, 0.3) is 0 Å². The number of aliphatic hydroxyl groups is 1. The number of benzene rings is 1. The zero-order valence-electron chi connectivity index (χ0n) is 8.24. The zero-order chi connectivity index (χ0) is 10.4. The molecule has 0 fully saturated rings. The molecule has 3 heteroatoms. The number of aliphatic hydroxyl groups excluding tert-OH is 1. The summed E-state index contributed by atoms with van der Waals surface area (Å²) in [5, 5.41) is 10.3. The van der Waals surface area contributed by atoms with E-state index in [2.05, 4.69) is 0 Å². The maximum atomic E-state index is 9.59. The molecule has 0 saturated heterocycles. The van der Waals surface area contributed by atoms with E-state index >= 15 is 0 Å². The topological polar surface area (TPSA) is 29.5 Å². The van der Waals surface area contributed by atoms with Crippen molar-refractivity contribution in [3.8, 4) is 0 Å². The predicted octanol–water partition coefficient (Wildman–Crippen LogP) is 2.28. The molecule has 0 saturated carbocycles. The minimum atomic E-state index is -0.337. The molecule has 0 amide bonds. The molecule has 1 rings (SSSR count). The molecule has 0 aliphatic carbocycles. The fourth-order valence-electron chi connectivity index (χ4n) is 1.25. The van der Waals surface area contributed by atoms with Crippen molar-refractivity contribution in [3.05, 3.63) is 34.9 Å². The van der Waals surface area contributed by atoms with Crippen LogP contribution in [-0.4, -0.2) is 24.9 Å². The van der Waals surface area contributed by atoms with Crippen LogP contribution in [0, 0.1) is 0 Å². The summed E-state index contributed by atoms with van der Waals surface area (Å²) >= 11 is 5.75. The highest BCUT2D eigenvalue weighted by Gasteiger charge is 2.04. The third-order valence-corrected chi connectivity index (χ3v) is 2.29. The molecule has 0 bridgehead atoms. The molecule has 1 aromatic carbocycles. The van der Waals surface area contributed by atoms with E-state index in [-0.39, 0.29) is 6.10 Å². The molecule has 1 unspecified atom stereocenters. The lowest BCUT2D eigenvalue weighted by Crippen LogP contribution is -2.12. The quantitative estimate of drug-likeness (QED) is 0.815. The van der Waals surface area contributed by atoms with Crippen LogP contribution in [0.1, 0.15) is 12.0 Å². The summed E-state index contributed by atoms with van der Waals surface area (Å²) < 4.78 is 4.89. The molecule has 0 aromatic heterocycles. The van der Waals surface area contributed by atoms with Gasteiger partial charge in [-0.3, -0.25) is 0 Å². The van der Waals surface area contributed by atoms with Gasteiger partial charge in [-0.1, -0.05) is 23.7 Å². The van der Waals surface area contributed by atoms with Crippen molar-refractivity contribution < 1.29 is 9.84 Å². The highest BCUT2D eigenvalue weighted by molar-refractivity contribution is 6.30. The Morgan fingerprint density at radius 3 is 2.57 bits per heavy atom. The first-order valence-corrected chi connectivity index (χ1v) is 5.01. The van der Waals surface area contributed by atoms with Gasteiger partial charge in [0.25, 0.3) is 0 Å². The summed E-state index contributed by atoms with van der Waals surface area (Å²) in [5.74, 6) is 0. The SMILES string of the molecule is COCCC(O)Cc1ccc(Cl)cc1. The summed E-state index contributed by atoms with van der Waals surface area (Å²) in [6.07, 6.45) is 0.982. The van der Waals surface area contributed by atoms with Gasteiger partial charge < -0.3 is 9.84 Å². The number of halogens is 1. The summed E-state index contributed by atoms with van der Waals surface area (Å²) in [7, 11) is 1.63. The molecular weight excluding hydrogens is 200 g/mol. The molecule has 0 radical (unpaired) electrons. The van der Waals surface area contributed by atoms with Crippen LogP contribution < -0.4 is 0 Å². The maximum absolute atomic E-state index is 9.59. The Kier molecular flexibility index (Phi) is 4.94. The minimum Gasteiger partial charge on any atom is -0.393 e. The molecule has 1 aromatic rings. The third-order valence-electron chi connectivity index (χ3n) is 2.04. The predicted molar refractivity (Wildman–Crippen MR) is 57.7 cm³/mol. The lowest BCUT2D eigenvalue weighted by molar-refractivity contribution is 0.110. The summed E-state index contributed by atoms with van der Waals surface area (Å²) in [6, 6.07) is 7.52. The Morgan fingerprint density at radius 1 is 1.36 bits per heavy atom. The average molecular weight is 215 g/mol. The number of hydrogen-bond donors (Lipinski definition) is 1. The van der Waals surface area contributed by atoms with E-state index in [1.54, 1.807) is 7.11 Å². The van der Waals surface area contributed by atoms with E-state index in [9.17, 15) is 5.11 Å². The van der Waals surface area contributed by atoms with Crippen molar-refractivity contribution in [1.82, 2.24) is 0 Å². The van der Waals surface area contributed by atoms with Crippen LogP contribution in [0.2, 0.25) is 5.02 Å². The van der Waals surface area contributed by atoms with Gasteiger partial charge in [-0.2, -0.15) is 0 Å². The Morgan fingerprint density at radius 2 is 2.00 bits per heavy atom. The molecular formula is C11H15ClO2. The Labute approximate surface area is 89.5 Å². The van der Waals surface area contributed by atoms with E-state index in [1.165, 1.54) is 0 Å². The summed E-state index contributed by atoms with van der Waals surface area (Å²) in [4.78, 5) is 0. The molecule has 0 aliphatic rings. The van der Waals surface area contributed by atoms with Crippen LogP contribution in [0.5, 0.6) is 0 Å². The maximum Gasteiger partial charge on any atom is 0.0602 e. The van der Waals surface area contributed by atoms with E-state index in [4.69, 9.17) is 16.3 Å². The Bertz CT molecular complexity index is 258. The second-order valence-corrected chi connectivity index (χ2v) is 3.70. The minimum absolute atomic E-state index is 0.337.